The van der Waals surface area contributed by atoms with Crippen molar-refractivity contribution in [1.29, 1.82) is 0 Å². The van der Waals surface area contributed by atoms with Crippen molar-refractivity contribution >= 4 is 5.91 Å². The number of rotatable bonds is 7. The lowest BCUT2D eigenvalue weighted by Gasteiger charge is -2.09. The lowest BCUT2D eigenvalue weighted by Crippen LogP contribution is -2.27. The number of carbonyl (C=O) groups is 1. The Morgan fingerprint density at radius 3 is 2.76 bits per heavy atom. The predicted molar refractivity (Wildman–Crippen MR) is 84.1 cm³/mol. The van der Waals surface area contributed by atoms with Crippen LogP contribution < -0.4 is 5.32 Å². The lowest BCUT2D eigenvalue weighted by atomic mass is 10.2. The third kappa shape index (κ3) is 4.02. The van der Waals surface area contributed by atoms with E-state index in [9.17, 15) is 18.0 Å². The van der Waals surface area contributed by atoms with E-state index in [1.807, 2.05) is 6.92 Å². The summed E-state index contributed by atoms with van der Waals surface area (Å²) >= 11 is 0. The van der Waals surface area contributed by atoms with E-state index in [-0.39, 0.29) is 11.8 Å². The number of amides is 1. The van der Waals surface area contributed by atoms with Gasteiger partial charge in [0.1, 0.15) is 5.69 Å². The second kappa shape index (κ2) is 6.89. The molecule has 1 saturated carbocycles. The van der Waals surface area contributed by atoms with Gasteiger partial charge >= 0.3 is 6.18 Å². The molecule has 1 aliphatic carbocycles. The first-order chi connectivity index (χ1) is 11.9. The molecule has 9 heteroatoms. The van der Waals surface area contributed by atoms with E-state index in [0.717, 1.165) is 18.9 Å². The largest absolute Gasteiger partial charge is 0.435 e. The summed E-state index contributed by atoms with van der Waals surface area (Å²) in [7, 11) is 0. The van der Waals surface area contributed by atoms with Crippen molar-refractivity contribution in [3.8, 4) is 0 Å². The van der Waals surface area contributed by atoms with E-state index >= 15 is 0 Å². The highest BCUT2D eigenvalue weighted by Crippen LogP contribution is 2.42. The Morgan fingerprint density at radius 1 is 1.36 bits per heavy atom. The van der Waals surface area contributed by atoms with Gasteiger partial charge in [-0.2, -0.15) is 23.4 Å². The van der Waals surface area contributed by atoms with Crippen molar-refractivity contribution in [2.75, 3.05) is 6.54 Å². The Bertz CT molecular complexity index is 745. The van der Waals surface area contributed by atoms with Gasteiger partial charge in [-0.25, -0.2) is 0 Å². The first-order valence-corrected chi connectivity index (χ1v) is 8.35. The van der Waals surface area contributed by atoms with Crippen LogP contribution in [0.5, 0.6) is 0 Å². The first kappa shape index (κ1) is 17.5. The molecule has 0 aliphatic heterocycles. The maximum atomic E-state index is 12.8. The van der Waals surface area contributed by atoms with E-state index in [1.165, 1.54) is 4.68 Å². The average molecular weight is 355 g/mol. The van der Waals surface area contributed by atoms with E-state index in [2.05, 4.69) is 15.5 Å². The van der Waals surface area contributed by atoms with Crippen LogP contribution in [0.15, 0.2) is 18.3 Å². The molecule has 2 aromatic heterocycles. The van der Waals surface area contributed by atoms with Gasteiger partial charge in [-0.15, -0.1) is 0 Å². The average Bonchev–Trinajstić information content (AvgIpc) is 3.12. The highest BCUT2D eigenvalue weighted by molar-refractivity contribution is 5.92. The molecule has 1 amide bonds. The molecule has 25 heavy (non-hydrogen) atoms. The van der Waals surface area contributed by atoms with Gasteiger partial charge in [-0.3, -0.25) is 14.2 Å². The number of nitrogens with zero attached hydrogens (tertiary/aromatic N) is 4. The summed E-state index contributed by atoms with van der Waals surface area (Å²) in [5.74, 6) is -0.0599. The second-order valence-electron chi connectivity index (χ2n) is 6.09. The zero-order chi connectivity index (χ0) is 18.0. The highest BCUT2D eigenvalue weighted by Gasteiger charge is 2.37. The fourth-order valence-corrected chi connectivity index (χ4v) is 2.76. The molecule has 3 rings (SSSR count). The Morgan fingerprint density at radius 2 is 2.12 bits per heavy atom. The summed E-state index contributed by atoms with van der Waals surface area (Å²) in [6.07, 6.45) is -0.559. The standard InChI is InChI=1S/C16H20F3N5O/c1-2-23-12(6-8-21-23)15(25)20-7-3-9-24-13(11-4-5-11)10-14(22-24)16(17,18)19/h6,8,10-11H,2-5,7,9H2,1H3,(H,20,25). The normalized spacial score (nSPS) is 14.7. The molecule has 0 radical (unpaired) electrons. The van der Waals surface area contributed by atoms with Gasteiger partial charge in [0.25, 0.3) is 5.91 Å². The Labute approximate surface area is 143 Å². The molecule has 2 aromatic rings. The smallest absolute Gasteiger partial charge is 0.351 e. The summed E-state index contributed by atoms with van der Waals surface area (Å²) in [6.45, 7) is 3.18. The van der Waals surface area contributed by atoms with Crippen LogP contribution in [0.2, 0.25) is 0 Å². The molecule has 136 valence electrons. The van der Waals surface area contributed by atoms with Gasteiger partial charge in [0.2, 0.25) is 0 Å². The number of aryl methyl sites for hydroxylation is 2. The quantitative estimate of drug-likeness (QED) is 0.777. The molecular formula is C16H20F3N5O. The number of hydrogen-bond donors (Lipinski definition) is 1. The van der Waals surface area contributed by atoms with Crippen LogP contribution in [0.25, 0.3) is 0 Å². The number of aromatic nitrogens is 4. The van der Waals surface area contributed by atoms with Crippen molar-refractivity contribution in [3.63, 3.8) is 0 Å². The molecule has 0 spiro atoms. The number of carbonyl (C=O) groups excluding carboxylic acids is 1. The molecule has 1 aliphatic rings. The molecule has 0 unspecified atom stereocenters. The summed E-state index contributed by atoms with van der Waals surface area (Å²) in [6, 6.07) is 2.78. The molecule has 0 atom stereocenters. The van der Waals surface area contributed by atoms with Crippen LogP contribution in [-0.2, 0) is 19.3 Å². The Kier molecular flexibility index (Phi) is 4.82. The zero-order valence-corrected chi connectivity index (χ0v) is 13.9. The minimum Gasteiger partial charge on any atom is -0.351 e. The maximum absolute atomic E-state index is 12.8. The van der Waals surface area contributed by atoms with Gasteiger partial charge < -0.3 is 5.32 Å². The Hall–Kier alpha value is -2.32. The van der Waals surface area contributed by atoms with Crippen LogP contribution in [0, 0.1) is 0 Å². The van der Waals surface area contributed by atoms with Crippen LogP contribution in [0.3, 0.4) is 0 Å². The SMILES string of the molecule is CCn1nccc1C(=O)NCCCn1nc(C(F)(F)F)cc1C1CC1. The molecular weight excluding hydrogens is 335 g/mol. The zero-order valence-electron chi connectivity index (χ0n) is 13.9. The topological polar surface area (TPSA) is 64.7 Å². The summed E-state index contributed by atoms with van der Waals surface area (Å²) in [5.41, 5.74) is 0.271. The lowest BCUT2D eigenvalue weighted by molar-refractivity contribution is -0.141. The van der Waals surface area contributed by atoms with Crippen LogP contribution in [-0.4, -0.2) is 32.0 Å². The number of alkyl halides is 3. The molecule has 6 nitrogen and oxygen atoms in total. The fraction of sp³-hybridized carbons (Fsp3) is 0.562. The van der Waals surface area contributed by atoms with Gasteiger partial charge in [0, 0.05) is 37.4 Å². The van der Waals surface area contributed by atoms with Crippen LogP contribution in [0.1, 0.15) is 54.0 Å². The number of halogens is 3. The monoisotopic (exact) mass is 355 g/mol. The van der Waals surface area contributed by atoms with Crippen molar-refractivity contribution in [3.05, 3.63) is 35.4 Å². The Balaban J connectivity index is 1.55. The minimum atomic E-state index is -4.43. The first-order valence-electron chi connectivity index (χ1n) is 8.35. The van der Waals surface area contributed by atoms with Gasteiger partial charge in [0.05, 0.1) is 0 Å². The predicted octanol–water partition coefficient (Wildman–Crippen LogP) is 2.82. The third-order valence-corrected chi connectivity index (χ3v) is 4.18. The molecule has 0 aromatic carbocycles. The van der Waals surface area contributed by atoms with Gasteiger partial charge in [-0.05, 0) is 38.3 Å². The van der Waals surface area contributed by atoms with E-state index in [4.69, 9.17) is 0 Å². The van der Waals surface area contributed by atoms with E-state index in [1.54, 1.807) is 16.9 Å². The summed E-state index contributed by atoms with van der Waals surface area (Å²) < 4.78 is 41.6. The van der Waals surface area contributed by atoms with E-state index < -0.39 is 11.9 Å². The molecule has 1 fully saturated rings. The fourth-order valence-electron chi connectivity index (χ4n) is 2.76. The summed E-state index contributed by atoms with van der Waals surface area (Å²) in [4.78, 5) is 12.1. The van der Waals surface area contributed by atoms with Crippen molar-refractivity contribution in [1.82, 2.24) is 24.9 Å². The summed E-state index contributed by atoms with van der Waals surface area (Å²) in [5, 5.41) is 10.5. The minimum absolute atomic E-state index is 0.178. The molecule has 0 saturated heterocycles. The highest BCUT2D eigenvalue weighted by atomic mass is 19.4. The van der Waals surface area contributed by atoms with E-state index in [0.29, 0.717) is 37.4 Å². The van der Waals surface area contributed by atoms with Crippen LogP contribution >= 0.6 is 0 Å². The maximum Gasteiger partial charge on any atom is 0.435 e. The van der Waals surface area contributed by atoms with Gasteiger partial charge in [-0.1, -0.05) is 0 Å². The van der Waals surface area contributed by atoms with Crippen LogP contribution in [0.4, 0.5) is 13.2 Å². The van der Waals surface area contributed by atoms with Crippen molar-refractivity contribution in [2.45, 2.75) is 51.4 Å². The number of hydrogen-bond acceptors (Lipinski definition) is 3. The van der Waals surface area contributed by atoms with Crippen molar-refractivity contribution < 1.29 is 18.0 Å². The van der Waals surface area contributed by atoms with Crippen molar-refractivity contribution in [2.24, 2.45) is 0 Å². The number of nitrogens with one attached hydrogen (secondary N) is 1. The van der Waals surface area contributed by atoms with Gasteiger partial charge in [0.15, 0.2) is 5.69 Å². The molecule has 2 heterocycles. The molecule has 0 bridgehead atoms. The molecule has 1 N–H and O–H groups in total. The second-order valence-corrected chi connectivity index (χ2v) is 6.09. The third-order valence-electron chi connectivity index (χ3n) is 4.18.